The summed E-state index contributed by atoms with van der Waals surface area (Å²) in [5.41, 5.74) is 0. The molecule has 0 aromatic heterocycles. The number of ether oxygens (including phenoxy) is 1. The third kappa shape index (κ3) is 4.62. The molecule has 1 aliphatic rings. The van der Waals surface area contributed by atoms with Gasteiger partial charge in [0.25, 0.3) is 0 Å². The van der Waals surface area contributed by atoms with Crippen LogP contribution in [0.15, 0.2) is 0 Å². The van der Waals surface area contributed by atoms with Crippen molar-refractivity contribution in [3.8, 4) is 0 Å². The maximum atomic E-state index is 11.8. The van der Waals surface area contributed by atoms with Crippen LogP contribution in [0.5, 0.6) is 0 Å². The van der Waals surface area contributed by atoms with Gasteiger partial charge in [-0.2, -0.15) is 0 Å². The average molecular weight is 258 g/mol. The van der Waals surface area contributed by atoms with Crippen molar-refractivity contribution in [3.05, 3.63) is 0 Å². The van der Waals surface area contributed by atoms with Crippen LogP contribution in [-0.2, 0) is 14.3 Å². The molecule has 2 N–H and O–H groups in total. The number of morpholine rings is 1. The number of hydrogen-bond donors (Lipinski definition) is 2. The third-order valence-electron chi connectivity index (χ3n) is 3.14. The zero-order valence-electron chi connectivity index (χ0n) is 11.0. The van der Waals surface area contributed by atoms with Gasteiger partial charge in [-0.3, -0.25) is 9.69 Å². The van der Waals surface area contributed by atoms with E-state index in [0.717, 1.165) is 12.8 Å². The van der Waals surface area contributed by atoms with Crippen molar-refractivity contribution < 1.29 is 19.4 Å². The molecule has 1 atom stereocenters. The lowest BCUT2D eigenvalue weighted by Crippen LogP contribution is -2.50. The summed E-state index contributed by atoms with van der Waals surface area (Å²) >= 11 is 0. The molecule has 1 heterocycles. The van der Waals surface area contributed by atoms with Gasteiger partial charge >= 0.3 is 5.97 Å². The summed E-state index contributed by atoms with van der Waals surface area (Å²) in [7, 11) is 0. The Morgan fingerprint density at radius 1 is 1.44 bits per heavy atom. The second-order valence-corrected chi connectivity index (χ2v) is 4.51. The van der Waals surface area contributed by atoms with E-state index in [1.165, 1.54) is 0 Å². The number of carbonyl (C=O) groups excluding carboxylic acids is 1. The fourth-order valence-corrected chi connectivity index (χ4v) is 1.96. The monoisotopic (exact) mass is 258 g/mol. The van der Waals surface area contributed by atoms with Crippen molar-refractivity contribution in [2.45, 2.75) is 38.8 Å². The van der Waals surface area contributed by atoms with Crippen LogP contribution in [0.4, 0.5) is 0 Å². The normalized spacial score (nSPS) is 20.9. The predicted octanol–water partition coefficient (Wildman–Crippen LogP) is 0.0766. The first kappa shape index (κ1) is 14.9. The van der Waals surface area contributed by atoms with E-state index in [1.54, 1.807) is 0 Å². The fraction of sp³-hybridized carbons (Fsp3) is 0.833. The van der Waals surface area contributed by atoms with E-state index in [2.05, 4.69) is 5.32 Å². The Bertz CT molecular complexity index is 292. The maximum absolute atomic E-state index is 11.8. The number of aliphatic carboxylic acids is 1. The molecule has 0 bridgehead atoms. The molecule has 1 aliphatic heterocycles. The Balaban J connectivity index is 2.37. The summed E-state index contributed by atoms with van der Waals surface area (Å²) < 4.78 is 5.10. The van der Waals surface area contributed by atoms with Gasteiger partial charge in [0, 0.05) is 19.1 Å². The summed E-state index contributed by atoms with van der Waals surface area (Å²) in [6.45, 7) is 5.53. The Labute approximate surface area is 107 Å². The second-order valence-electron chi connectivity index (χ2n) is 4.51. The van der Waals surface area contributed by atoms with Gasteiger partial charge in [-0.1, -0.05) is 13.8 Å². The predicted molar refractivity (Wildman–Crippen MR) is 66.3 cm³/mol. The van der Waals surface area contributed by atoms with E-state index in [0.29, 0.717) is 13.2 Å². The van der Waals surface area contributed by atoms with Crippen LogP contribution in [-0.4, -0.2) is 60.3 Å². The topological polar surface area (TPSA) is 78.9 Å². The Morgan fingerprint density at radius 3 is 2.67 bits per heavy atom. The fourth-order valence-electron chi connectivity index (χ4n) is 1.96. The lowest BCUT2D eigenvalue weighted by atomic mass is 10.2. The molecule has 0 aliphatic carbocycles. The number of nitrogens with zero attached hydrogens (tertiary/aromatic N) is 1. The Hall–Kier alpha value is -1.14. The molecule has 1 unspecified atom stereocenters. The van der Waals surface area contributed by atoms with Gasteiger partial charge in [-0.15, -0.1) is 0 Å². The first-order valence-electron chi connectivity index (χ1n) is 6.42. The zero-order chi connectivity index (χ0) is 13.5. The molecule has 1 saturated heterocycles. The van der Waals surface area contributed by atoms with Gasteiger partial charge < -0.3 is 15.2 Å². The molecule has 104 valence electrons. The van der Waals surface area contributed by atoms with Crippen molar-refractivity contribution in [3.63, 3.8) is 0 Å². The molecule has 0 radical (unpaired) electrons. The van der Waals surface area contributed by atoms with Crippen LogP contribution in [0.25, 0.3) is 0 Å². The SMILES string of the molecule is CCC(CC)NC(=O)CN1CCOC(C(=O)O)C1. The van der Waals surface area contributed by atoms with Crippen molar-refractivity contribution in [2.24, 2.45) is 0 Å². The highest BCUT2D eigenvalue weighted by molar-refractivity contribution is 5.78. The molecule has 1 rings (SSSR count). The zero-order valence-corrected chi connectivity index (χ0v) is 11.0. The molecule has 0 aromatic rings. The van der Waals surface area contributed by atoms with Crippen molar-refractivity contribution in [2.75, 3.05) is 26.2 Å². The highest BCUT2D eigenvalue weighted by atomic mass is 16.5. The maximum Gasteiger partial charge on any atom is 0.334 e. The lowest BCUT2D eigenvalue weighted by Gasteiger charge is -2.30. The van der Waals surface area contributed by atoms with E-state index in [4.69, 9.17) is 9.84 Å². The molecular weight excluding hydrogens is 236 g/mol. The molecule has 0 spiro atoms. The standard InChI is InChI=1S/C12H22N2O4/c1-3-9(4-2)13-11(15)8-14-5-6-18-10(7-14)12(16)17/h9-10H,3-8H2,1-2H3,(H,13,15)(H,16,17). The van der Waals surface area contributed by atoms with Crippen LogP contribution in [0, 0.1) is 0 Å². The second kappa shape index (κ2) is 7.33. The van der Waals surface area contributed by atoms with Crippen LogP contribution < -0.4 is 5.32 Å². The van der Waals surface area contributed by atoms with Crippen LogP contribution in [0.2, 0.25) is 0 Å². The third-order valence-corrected chi connectivity index (χ3v) is 3.14. The van der Waals surface area contributed by atoms with Gasteiger partial charge in [-0.05, 0) is 12.8 Å². The van der Waals surface area contributed by atoms with Crippen LogP contribution >= 0.6 is 0 Å². The van der Waals surface area contributed by atoms with Gasteiger partial charge in [0.2, 0.25) is 5.91 Å². The molecule has 6 nitrogen and oxygen atoms in total. The van der Waals surface area contributed by atoms with E-state index < -0.39 is 12.1 Å². The largest absolute Gasteiger partial charge is 0.479 e. The van der Waals surface area contributed by atoms with E-state index >= 15 is 0 Å². The van der Waals surface area contributed by atoms with Crippen molar-refractivity contribution in [1.82, 2.24) is 10.2 Å². The van der Waals surface area contributed by atoms with Crippen LogP contribution in [0.1, 0.15) is 26.7 Å². The summed E-state index contributed by atoms with van der Waals surface area (Å²) in [6, 6.07) is 0.203. The van der Waals surface area contributed by atoms with E-state index in [9.17, 15) is 9.59 Å². The minimum atomic E-state index is -0.972. The summed E-state index contributed by atoms with van der Waals surface area (Å²) in [6.07, 6.45) is 0.992. The molecule has 6 heteroatoms. The molecular formula is C12H22N2O4. The number of nitrogens with one attached hydrogen (secondary N) is 1. The molecule has 18 heavy (non-hydrogen) atoms. The highest BCUT2D eigenvalue weighted by Crippen LogP contribution is 2.05. The van der Waals surface area contributed by atoms with Gasteiger partial charge in [0.1, 0.15) is 0 Å². The van der Waals surface area contributed by atoms with Gasteiger partial charge in [0.15, 0.2) is 6.10 Å². The minimum Gasteiger partial charge on any atom is -0.479 e. The number of hydrogen-bond acceptors (Lipinski definition) is 4. The summed E-state index contributed by atoms with van der Waals surface area (Å²) in [4.78, 5) is 24.4. The number of rotatable bonds is 6. The van der Waals surface area contributed by atoms with Gasteiger partial charge in [0.05, 0.1) is 13.2 Å². The number of amides is 1. The highest BCUT2D eigenvalue weighted by Gasteiger charge is 2.27. The summed E-state index contributed by atoms with van der Waals surface area (Å²) in [5, 5.41) is 11.8. The summed E-state index contributed by atoms with van der Waals surface area (Å²) in [5.74, 6) is -1.02. The first-order chi connectivity index (χ1) is 8.56. The molecule has 1 amide bonds. The van der Waals surface area contributed by atoms with Crippen molar-refractivity contribution >= 4 is 11.9 Å². The average Bonchev–Trinajstić information content (AvgIpc) is 2.36. The minimum absolute atomic E-state index is 0.0465. The van der Waals surface area contributed by atoms with E-state index in [1.807, 2.05) is 18.7 Å². The van der Waals surface area contributed by atoms with Crippen molar-refractivity contribution in [1.29, 1.82) is 0 Å². The smallest absolute Gasteiger partial charge is 0.334 e. The first-order valence-corrected chi connectivity index (χ1v) is 6.42. The Morgan fingerprint density at radius 2 is 2.11 bits per heavy atom. The molecule has 0 saturated carbocycles. The molecule has 0 aromatic carbocycles. The Kier molecular flexibility index (Phi) is 6.07. The quantitative estimate of drug-likeness (QED) is 0.705. The van der Waals surface area contributed by atoms with E-state index in [-0.39, 0.29) is 25.0 Å². The van der Waals surface area contributed by atoms with Gasteiger partial charge in [-0.25, -0.2) is 4.79 Å². The number of carboxylic acid groups (broad SMARTS) is 1. The number of carboxylic acids is 1. The number of carbonyl (C=O) groups is 2. The lowest BCUT2D eigenvalue weighted by molar-refractivity contribution is -0.156. The molecule has 1 fully saturated rings. The van der Waals surface area contributed by atoms with Crippen LogP contribution in [0.3, 0.4) is 0 Å².